The Morgan fingerprint density at radius 1 is 1.60 bits per heavy atom. The van der Waals surface area contributed by atoms with Crippen molar-refractivity contribution in [1.82, 2.24) is 5.32 Å². The van der Waals surface area contributed by atoms with Crippen molar-refractivity contribution < 1.29 is 13.3 Å². The molecule has 0 amide bonds. The summed E-state index contributed by atoms with van der Waals surface area (Å²) < 4.78 is 26.9. The van der Waals surface area contributed by atoms with E-state index in [2.05, 4.69) is 5.32 Å². The minimum absolute atomic E-state index is 0.493. The average molecular weight is 186 g/mol. The van der Waals surface area contributed by atoms with Crippen LogP contribution in [-0.2, 0) is 19.4 Å². The Balaban J connectivity index is 3.45. The molecule has 0 aromatic rings. The lowest BCUT2D eigenvalue weighted by Crippen LogP contribution is -2.09. The highest BCUT2D eigenvalue weighted by Gasteiger charge is 2.07. The molecule has 0 aliphatic heterocycles. The van der Waals surface area contributed by atoms with E-state index in [1.54, 1.807) is 7.05 Å². The molecule has 0 aromatic heterocycles. The van der Waals surface area contributed by atoms with Crippen molar-refractivity contribution in [3.05, 3.63) is 0 Å². The van der Waals surface area contributed by atoms with E-state index >= 15 is 0 Å². The Kier molecular flexibility index (Phi) is 5.10. The molecule has 62 valence electrons. The maximum Gasteiger partial charge on any atom is 0.430 e. The second kappa shape index (κ2) is 4.97. The first-order chi connectivity index (χ1) is 4.56. The predicted molar refractivity (Wildman–Crippen MR) is 44.2 cm³/mol. The van der Waals surface area contributed by atoms with Crippen LogP contribution in [0.25, 0.3) is 0 Å². The van der Waals surface area contributed by atoms with E-state index in [4.69, 9.17) is 9.11 Å². The Labute approximate surface area is 64.3 Å². The van der Waals surface area contributed by atoms with E-state index in [0.29, 0.717) is 16.1 Å². The fraction of sp³-hybridized carbons (Fsp3) is 1.00. The Morgan fingerprint density at radius 2 is 2.20 bits per heavy atom. The molecule has 0 aromatic carbocycles. The second-order valence-electron chi connectivity index (χ2n) is 1.73. The van der Waals surface area contributed by atoms with Crippen molar-refractivity contribution >= 4 is 19.4 Å². The van der Waals surface area contributed by atoms with E-state index in [1.165, 1.54) is 0 Å². The van der Waals surface area contributed by atoms with Crippen LogP contribution in [-0.4, -0.2) is 32.7 Å². The summed E-state index contributed by atoms with van der Waals surface area (Å²) in [5, 5.41) is 2.88. The summed E-state index contributed by atoms with van der Waals surface area (Å²) in [4.78, 5) is 0. The number of rotatable bonds is 4. The van der Waals surface area contributed by atoms with Gasteiger partial charge in [-0.2, -0.15) is 4.21 Å². The van der Waals surface area contributed by atoms with Gasteiger partial charge in [0.2, 0.25) is 0 Å². The number of nitrogens with one attached hydrogen (secondary N) is 1. The van der Waals surface area contributed by atoms with Crippen LogP contribution in [0.2, 0.25) is 0 Å². The van der Waals surface area contributed by atoms with Crippen molar-refractivity contribution in [3.63, 3.8) is 0 Å². The molecule has 0 heterocycles. The topological polar surface area (TPSA) is 69.6 Å². The van der Waals surface area contributed by atoms with Gasteiger partial charge in [-0.15, -0.1) is 0 Å². The molecule has 10 heavy (non-hydrogen) atoms. The van der Waals surface area contributed by atoms with Gasteiger partial charge in [0.25, 0.3) is 10.3 Å². The largest absolute Gasteiger partial charge is 0.430 e. The van der Waals surface area contributed by atoms with Crippen molar-refractivity contribution in [2.45, 2.75) is 6.42 Å². The predicted octanol–water partition coefficient (Wildman–Crippen LogP) is -0.176. The van der Waals surface area contributed by atoms with Crippen molar-refractivity contribution in [3.8, 4) is 0 Å². The van der Waals surface area contributed by atoms with Gasteiger partial charge in [-0.3, -0.25) is 9.11 Å². The van der Waals surface area contributed by atoms with E-state index in [9.17, 15) is 4.21 Å². The molecule has 4 nitrogen and oxygen atoms in total. The lowest BCUT2D eigenvalue weighted by Gasteiger charge is -1.86. The number of hydrogen-bond donors (Lipinski definition) is 3. The van der Waals surface area contributed by atoms with Gasteiger partial charge < -0.3 is 5.32 Å². The highest BCUT2D eigenvalue weighted by atomic mass is 32.9. The summed E-state index contributed by atoms with van der Waals surface area (Å²) in [6.07, 6.45) is 0.777. The van der Waals surface area contributed by atoms with Crippen LogP contribution in [0.4, 0.5) is 0 Å². The van der Waals surface area contributed by atoms with Gasteiger partial charge in [0.15, 0.2) is 5.75 Å². The van der Waals surface area contributed by atoms with Gasteiger partial charge in [0.05, 0.1) is 0 Å². The number of hydrogen-bond acceptors (Lipinski definition) is 2. The Bertz CT molecular complexity index is 177. The maximum atomic E-state index is 10.2. The summed E-state index contributed by atoms with van der Waals surface area (Å²) in [6.45, 7) is 0.794. The van der Waals surface area contributed by atoms with Gasteiger partial charge >= 0.3 is 9.05 Å². The monoisotopic (exact) mass is 186 g/mol. The van der Waals surface area contributed by atoms with Crippen LogP contribution in [0, 0.1) is 0 Å². The van der Waals surface area contributed by atoms with Gasteiger partial charge in [-0.05, 0) is 13.6 Å². The highest BCUT2D eigenvalue weighted by molar-refractivity contribution is 8.34. The summed E-state index contributed by atoms with van der Waals surface area (Å²) in [5.41, 5.74) is 0. The zero-order valence-corrected chi connectivity index (χ0v) is 7.37. The Hall–Kier alpha value is 0.250. The quantitative estimate of drug-likeness (QED) is 0.421. The first-order valence-corrected chi connectivity index (χ1v) is 5.82. The molecule has 0 fully saturated rings. The standard InChI is InChI=1S/C4H11NO3S2/c1-5-3-2-4-9-10(6,7)8/h5H,2-4H2,1H3,(H-,6,7,8)/p+1. The lowest BCUT2D eigenvalue weighted by molar-refractivity contribution is 0.450. The molecule has 0 saturated heterocycles. The average Bonchev–Trinajstić information content (AvgIpc) is 1.78. The van der Waals surface area contributed by atoms with Crippen LogP contribution < -0.4 is 5.32 Å². The molecule has 0 spiro atoms. The smallest absolute Gasteiger partial charge is 0.320 e. The molecule has 3 N–H and O–H groups in total. The second-order valence-corrected chi connectivity index (χ2v) is 5.28. The van der Waals surface area contributed by atoms with Crippen LogP contribution >= 0.6 is 0 Å². The van der Waals surface area contributed by atoms with Crippen LogP contribution in [0.3, 0.4) is 0 Å². The van der Waals surface area contributed by atoms with Gasteiger partial charge in [-0.1, -0.05) is 0 Å². The lowest BCUT2D eigenvalue weighted by atomic mass is 10.5. The highest BCUT2D eigenvalue weighted by Crippen LogP contribution is 1.81. The fourth-order valence-electron chi connectivity index (χ4n) is 0.416. The zero-order valence-electron chi connectivity index (χ0n) is 5.74. The Morgan fingerprint density at radius 3 is 2.60 bits per heavy atom. The molecule has 0 aliphatic carbocycles. The van der Waals surface area contributed by atoms with Crippen LogP contribution in [0.15, 0.2) is 0 Å². The minimum atomic E-state index is -3.57. The van der Waals surface area contributed by atoms with E-state index in [1.807, 2.05) is 0 Å². The molecule has 0 bridgehead atoms. The molecule has 0 atom stereocenters. The van der Waals surface area contributed by atoms with Gasteiger partial charge in [-0.25, -0.2) is 0 Å². The minimum Gasteiger partial charge on any atom is -0.320 e. The summed E-state index contributed by atoms with van der Waals surface area (Å²) >= 11 is 0. The first-order valence-electron chi connectivity index (χ1n) is 2.84. The SMILES string of the molecule is CNCCC[S+]=S(=O)(O)O. The van der Waals surface area contributed by atoms with Crippen molar-refractivity contribution in [2.75, 3.05) is 19.3 Å². The van der Waals surface area contributed by atoms with Crippen molar-refractivity contribution in [1.29, 1.82) is 0 Å². The van der Waals surface area contributed by atoms with E-state index in [0.717, 1.165) is 13.0 Å². The van der Waals surface area contributed by atoms with Gasteiger partial charge in [0, 0.05) is 6.42 Å². The normalized spacial score (nSPS) is 11.5. The van der Waals surface area contributed by atoms with Crippen LogP contribution in [0.5, 0.6) is 0 Å². The molecular weight excluding hydrogens is 174 g/mol. The molecule has 6 heteroatoms. The summed E-state index contributed by atoms with van der Waals surface area (Å²) in [7, 11) is -1.09. The fourth-order valence-corrected chi connectivity index (χ4v) is 1.90. The molecule has 0 unspecified atom stereocenters. The van der Waals surface area contributed by atoms with Crippen molar-refractivity contribution in [2.24, 2.45) is 0 Å². The molecule has 0 aliphatic rings. The van der Waals surface area contributed by atoms with E-state index in [-0.39, 0.29) is 0 Å². The molecular formula is C4H12NO3S2+. The third kappa shape index (κ3) is 8.25. The summed E-state index contributed by atoms with van der Waals surface area (Å²) in [5.74, 6) is 0.493. The molecule has 0 radical (unpaired) electrons. The third-order valence-electron chi connectivity index (χ3n) is 0.808. The first kappa shape index (κ1) is 10.2. The molecule has 0 rings (SSSR count). The van der Waals surface area contributed by atoms with Gasteiger partial charge in [0.1, 0.15) is 0 Å². The maximum absolute atomic E-state index is 10.2. The molecule has 0 saturated carbocycles. The summed E-state index contributed by atoms with van der Waals surface area (Å²) in [6, 6.07) is 0. The van der Waals surface area contributed by atoms with E-state index < -0.39 is 9.05 Å². The third-order valence-corrected chi connectivity index (χ3v) is 2.99. The zero-order chi connectivity index (χ0) is 8.04. The van der Waals surface area contributed by atoms with Crippen LogP contribution in [0.1, 0.15) is 6.42 Å².